The first-order valence-electron chi connectivity index (χ1n) is 7.37. The van der Waals surface area contributed by atoms with Gasteiger partial charge in [0.2, 0.25) is 0 Å². The van der Waals surface area contributed by atoms with Gasteiger partial charge < -0.3 is 0 Å². The minimum Gasteiger partial charge on any atom is -0.300 e. The molecule has 1 heterocycles. The number of likely N-dealkylation sites (tertiary alicyclic amines) is 1. The van der Waals surface area contributed by atoms with Crippen LogP contribution in [-0.2, 0) is 19.2 Å². The van der Waals surface area contributed by atoms with E-state index in [1.165, 1.54) is 12.1 Å². The van der Waals surface area contributed by atoms with Gasteiger partial charge in [-0.1, -0.05) is 29.1 Å². The van der Waals surface area contributed by atoms with Crippen LogP contribution < -0.4 is 0 Å². The van der Waals surface area contributed by atoms with E-state index < -0.39 is 10.1 Å². The van der Waals surface area contributed by atoms with Crippen LogP contribution in [0.4, 0.5) is 0 Å². The van der Waals surface area contributed by atoms with Crippen LogP contribution in [0, 0.1) is 5.92 Å². The van der Waals surface area contributed by atoms with E-state index >= 15 is 0 Å². The summed E-state index contributed by atoms with van der Waals surface area (Å²) in [6, 6.07) is 8.11. The van der Waals surface area contributed by atoms with E-state index in [-0.39, 0.29) is 21.2 Å². The maximum Gasteiger partial charge on any atom is 0.342 e. The summed E-state index contributed by atoms with van der Waals surface area (Å²) in [5.74, 6) is 0.154. The van der Waals surface area contributed by atoms with Crippen molar-refractivity contribution in [3.05, 3.63) is 43.0 Å². The Morgan fingerprint density at radius 3 is 2.41 bits per heavy atom. The molecule has 0 aromatic heterocycles. The van der Waals surface area contributed by atoms with E-state index in [9.17, 15) is 13.2 Å². The number of quaternary nitrogens is 1. The number of hydroxylamine groups is 3. The fourth-order valence-corrected chi connectivity index (χ4v) is 4.01. The Morgan fingerprint density at radius 1 is 1.32 bits per heavy atom. The zero-order valence-corrected chi connectivity index (χ0v) is 13.6. The smallest absolute Gasteiger partial charge is 0.300 e. The molecule has 1 fully saturated rings. The van der Waals surface area contributed by atoms with Gasteiger partial charge in [0, 0.05) is 18.8 Å². The van der Waals surface area contributed by atoms with Gasteiger partial charge >= 0.3 is 10.1 Å². The molecule has 0 saturated carbocycles. The first kappa shape index (κ1) is 16.9. The van der Waals surface area contributed by atoms with Crippen molar-refractivity contribution in [2.75, 3.05) is 19.6 Å². The molecule has 0 bridgehead atoms. The molecule has 1 aromatic rings. The van der Waals surface area contributed by atoms with Gasteiger partial charge in [-0.3, -0.25) is 4.79 Å². The van der Waals surface area contributed by atoms with Crippen molar-refractivity contribution in [1.82, 2.24) is 0 Å². The second-order valence-electron chi connectivity index (χ2n) is 5.70. The summed E-state index contributed by atoms with van der Waals surface area (Å²) in [7, 11) is -3.84. The van der Waals surface area contributed by atoms with Crippen LogP contribution in [0.3, 0.4) is 0 Å². The molecule has 0 N–H and O–H groups in total. The van der Waals surface area contributed by atoms with Crippen LogP contribution in [0.15, 0.2) is 47.9 Å². The quantitative estimate of drug-likeness (QED) is 0.595. The zero-order valence-electron chi connectivity index (χ0n) is 12.8. The van der Waals surface area contributed by atoms with Gasteiger partial charge in [0.1, 0.15) is 25.4 Å². The maximum atomic E-state index is 12.5. The fraction of sp³-hybridized carbons (Fsp3) is 0.438. The van der Waals surface area contributed by atoms with E-state index in [0.29, 0.717) is 32.5 Å². The molecule has 1 saturated heterocycles. The highest BCUT2D eigenvalue weighted by molar-refractivity contribution is 7.86. The summed E-state index contributed by atoms with van der Waals surface area (Å²) in [5.41, 5.74) is 0. The summed E-state index contributed by atoms with van der Waals surface area (Å²) in [5, 5.41) is 0. The Labute approximate surface area is 131 Å². The largest absolute Gasteiger partial charge is 0.342 e. The monoisotopic (exact) mass is 324 g/mol. The first-order valence-corrected chi connectivity index (χ1v) is 8.78. The number of carbonyl (C=O) groups is 1. The number of Topliss-reactive ketones (excluding diaryl/α,β-unsaturated/α-hetero) is 1. The lowest BCUT2D eigenvalue weighted by atomic mass is 9.93. The molecule has 120 valence electrons. The van der Waals surface area contributed by atoms with Gasteiger partial charge in [0.15, 0.2) is 0 Å². The predicted molar refractivity (Wildman–Crippen MR) is 83.2 cm³/mol. The lowest BCUT2D eigenvalue weighted by Gasteiger charge is -2.38. The molecule has 0 radical (unpaired) electrons. The SMILES string of the molecule is C=CC[N+]1(OS(=O)(=O)c2ccccc2)CCC(C(C)=O)CC1. The van der Waals surface area contributed by atoms with Gasteiger partial charge in [-0.2, -0.15) is 13.1 Å². The van der Waals surface area contributed by atoms with Crippen LogP contribution in [-0.4, -0.2) is 38.5 Å². The minimum atomic E-state index is -3.84. The molecule has 1 aliphatic rings. The van der Waals surface area contributed by atoms with Gasteiger partial charge in [0.05, 0.1) is 4.90 Å². The lowest BCUT2D eigenvalue weighted by molar-refractivity contribution is -1.08. The molecule has 0 spiro atoms. The number of hydrogen-bond donors (Lipinski definition) is 0. The Morgan fingerprint density at radius 2 is 1.91 bits per heavy atom. The van der Waals surface area contributed by atoms with Crippen molar-refractivity contribution < 1.29 is 22.1 Å². The minimum absolute atomic E-state index is 0.000838. The normalized spacial score (nSPS) is 25.6. The Kier molecular flexibility index (Phi) is 5.16. The highest BCUT2D eigenvalue weighted by Crippen LogP contribution is 2.28. The van der Waals surface area contributed by atoms with Crippen molar-refractivity contribution in [1.29, 1.82) is 0 Å². The fourth-order valence-electron chi connectivity index (χ4n) is 2.81. The van der Waals surface area contributed by atoms with Gasteiger partial charge in [-0.15, -0.1) is 0 Å². The highest BCUT2D eigenvalue weighted by Gasteiger charge is 2.41. The molecule has 0 atom stereocenters. The molecular formula is C16H22NO4S+. The number of hydrogen-bond acceptors (Lipinski definition) is 4. The maximum absolute atomic E-state index is 12.5. The third kappa shape index (κ3) is 3.82. The van der Waals surface area contributed by atoms with E-state index in [1.54, 1.807) is 31.2 Å². The first-order chi connectivity index (χ1) is 10.4. The number of carbonyl (C=O) groups excluding carboxylic acids is 1. The summed E-state index contributed by atoms with van der Waals surface area (Å²) in [6.45, 7) is 6.66. The third-order valence-corrected chi connectivity index (χ3v) is 5.46. The Balaban J connectivity index is 2.19. The third-order valence-electron chi connectivity index (χ3n) is 4.10. The van der Waals surface area contributed by atoms with Crippen LogP contribution in [0.25, 0.3) is 0 Å². The number of rotatable bonds is 6. The van der Waals surface area contributed by atoms with Gasteiger partial charge in [0.25, 0.3) is 0 Å². The highest BCUT2D eigenvalue weighted by atomic mass is 32.2. The average Bonchev–Trinajstić information content (AvgIpc) is 2.48. The molecule has 6 heteroatoms. The Hall–Kier alpha value is -1.50. The van der Waals surface area contributed by atoms with Crippen LogP contribution in [0.5, 0.6) is 0 Å². The topological polar surface area (TPSA) is 60.4 Å². The summed E-state index contributed by atoms with van der Waals surface area (Å²) >= 11 is 0. The molecule has 0 amide bonds. The van der Waals surface area contributed by atoms with Crippen LogP contribution in [0.2, 0.25) is 0 Å². The molecule has 0 unspecified atom stereocenters. The summed E-state index contributed by atoms with van der Waals surface area (Å²) in [4.78, 5) is 11.6. The summed E-state index contributed by atoms with van der Waals surface area (Å²) in [6.07, 6.45) is 2.93. The van der Waals surface area contributed by atoms with Gasteiger partial charge in [-0.05, 0) is 25.1 Å². The van der Waals surface area contributed by atoms with E-state index in [4.69, 9.17) is 4.28 Å². The number of piperidine rings is 1. The van der Waals surface area contributed by atoms with Crippen molar-refractivity contribution in [2.45, 2.75) is 24.7 Å². The molecule has 22 heavy (non-hydrogen) atoms. The second kappa shape index (κ2) is 6.73. The molecule has 5 nitrogen and oxygen atoms in total. The summed E-state index contributed by atoms with van der Waals surface area (Å²) < 4.78 is 30.4. The van der Waals surface area contributed by atoms with Crippen molar-refractivity contribution in [3.63, 3.8) is 0 Å². The number of benzene rings is 1. The van der Waals surface area contributed by atoms with E-state index in [0.717, 1.165) is 0 Å². The van der Waals surface area contributed by atoms with Crippen molar-refractivity contribution in [2.24, 2.45) is 5.92 Å². The van der Waals surface area contributed by atoms with Crippen molar-refractivity contribution in [3.8, 4) is 0 Å². The van der Waals surface area contributed by atoms with Crippen LogP contribution in [0.1, 0.15) is 19.8 Å². The van der Waals surface area contributed by atoms with Gasteiger partial charge in [-0.25, -0.2) is 0 Å². The van der Waals surface area contributed by atoms with Crippen LogP contribution >= 0.6 is 0 Å². The molecule has 2 rings (SSSR count). The van der Waals surface area contributed by atoms with Crippen molar-refractivity contribution >= 4 is 15.9 Å². The predicted octanol–water partition coefficient (Wildman–Crippen LogP) is 2.31. The molecule has 0 aliphatic carbocycles. The van der Waals surface area contributed by atoms with E-state index in [2.05, 4.69) is 6.58 Å². The lowest BCUT2D eigenvalue weighted by Crippen LogP contribution is -2.54. The number of nitrogens with zero attached hydrogens (tertiary/aromatic N) is 1. The zero-order chi connectivity index (χ0) is 16.2. The molecule has 1 aliphatic heterocycles. The van der Waals surface area contributed by atoms with E-state index in [1.807, 2.05) is 0 Å². The Bertz CT molecular complexity index is 631. The second-order valence-corrected chi connectivity index (χ2v) is 7.23. The average molecular weight is 324 g/mol. The number of ketones is 1. The molecule has 1 aromatic carbocycles. The standard InChI is InChI=1S/C16H22NO4S/c1-3-11-17(12-9-15(10-13-17)14(2)18)21-22(19,20)16-7-5-4-6-8-16/h3-8,15H,1,9-13H2,2H3/q+1. The molecular weight excluding hydrogens is 302 g/mol.